The van der Waals surface area contributed by atoms with Crippen molar-refractivity contribution in [3.05, 3.63) is 48.0 Å². The maximum atomic E-state index is 12.8. The zero-order chi connectivity index (χ0) is 14.7. The number of halogens is 1. The zero-order valence-corrected chi connectivity index (χ0v) is 11.6. The van der Waals surface area contributed by atoms with Gasteiger partial charge in [0.2, 0.25) is 0 Å². The molecule has 1 aromatic carbocycles. The van der Waals surface area contributed by atoms with Crippen LogP contribution >= 0.6 is 0 Å². The second-order valence-corrected chi connectivity index (χ2v) is 5.51. The number of nitrogens with zero attached hydrogens (tertiary/aromatic N) is 2. The van der Waals surface area contributed by atoms with E-state index in [2.05, 4.69) is 15.1 Å². The predicted octanol–water partition coefficient (Wildman–Crippen LogP) is 1.56. The molecule has 5 nitrogen and oxygen atoms in total. The van der Waals surface area contributed by atoms with E-state index < -0.39 is 5.60 Å². The van der Waals surface area contributed by atoms with Crippen molar-refractivity contribution >= 4 is 0 Å². The van der Waals surface area contributed by atoms with Gasteiger partial charge in [0, 0.05) is 31.5 Å². The van der Waals surface area contributed by atoms with E-state index >= 15 is 0 Å². The molecule has 0 radical (unpaired) electrons. The summed E-state index contributed by atoms with van der Waals surface area (Å²) in [5, 5.41) is 17.4. The first-order valence-electron chi connectivity index (χ1n) is 6.94. The van der Waals surface area contributed by atoms with Crippen LogP contribution in [0.5, 0.6) is 5.75 Å². The third-order valence-corrected chi connectivity index (χ3v) is 3.68. The molecule has 1 fully saturated rings. The molecule has 2 heterocycles. The molecule has 0 bridgehead atoms. The molecule has 0 aliphatic carbocycles. The minimum atomic E-state index is -0.867. The molecule has 3 rings (SSSR count). The molecule has 2 aromatic rings. The number of aromatic nitrogens is 2. The fraction of sp³-hybridized carbons (Fsp3) is 0.400. The van der Waals surface area contributed by atoms with Crippen LogP contribution in [0.1, 0.15) is 12.1 Å². The molecule has 0 saturated carbocycles. The molecular formula is C15H18FN3O2. The summed E-state index contributed by atoms with van der Waals surface area (Å²) in [7, 11) is 0. The third-order valence-electron chi connectivity index (χ3n) is 3.68. The number of β-amino-alcohol motifs (C(OH)–C–C–N with tert-alkyl or cyclic N) is 1. The van der Waals surface area contributed by atoms with Crippen molar-refractivity contribution in [3.8, 4) is 5.75 Å². The smallest absolute Gasteiger partial charge is 0.123 e. The van der Waals surface area contributed by atoms with Gasteiger partial charge in [0.1, 0.15) is 23.8 Å². The Hall–Kier alpha value is -1.92. The predicted molar refractivity (Wildman–Crippen MR) is 75.3 cm³/mol. The fourth-order valence-corrected chi connectivity index (χ4v) is 2.56. The maximum absolute atomic E-state index is 12.8. The van der Waals surface area contributed by atoms with Gasteiger partial charge < -0.3 is 9.84 Å². The number of hydrogen-bond acceptors (Lipinski definition) is 4. The van der Waals surface area contributed by atoms with Crippen molar-refractivity contribution < 1.29 is 14.2 Å². The first-order valence-corrected chi connectivity index (χ1v) is 6.94. The largest absolute Gasteiger partial charge is 0.491 e. The first kappa shape index (κ1) is 14.0. The quantitative estimate of drug-likeness (QED) is 0.878. The number of hydrogen-bond donors (Lipinski definition) is 2. The van der Waals surface area contributed by atoms with Crippen molar-refractivity contribution in [1.82, 2.24) is 15.1 Å². The molecule has 1 aliphatic rings. The minimum Gasteiger partial charge on any atom is -0.491 e. The lowest BCUT2D eigenvalue weighted by Crippen LogP contribution is -2.39. The van der Waals surface area contributed by atoms with Crippen LogP contribution < -0.4 is 4.74 Å². The molecule has 0 amide bonds. The summed E-state index contributed by atoms with van der Waals surface area (Å²) in [6, 6.07) is 7.75. The first-order chi connectivity index (χ1) is 10.1. The average Bonchev–Trinajstić information content (AvgIpc) is 3.10. The molecule has 0 unspecified atom stereocenters. The molecule has 1 aliphatic heterocycles. The summed E-state index contributed by atoms with van der Waals surface area (Å²) < 4.78 is 18.4. The molecule has 1 atom stereocenters. The van der Waals surface area contributed by atoms with Crippen molar-refractivity contribution in [2.75, 3.05) is 19.7 Å². The molecule has 0 spiro atoms. The van der Waals surface area contributed by atoms with Gasteiger partial charge in [-0.15, -0.1) is 0 Å². The second kappa shape index (κ2) is 5.83. The number of rotatable bonds is 5. The summed E-state index contributed by atoms with van der Waals surface area (Å²) in [6.07, 6.45) is 2.37. The summed E-state index contributed by atoms with van der Waals surface area (Å²) in [6.45, 7) is 2.30. The SMILES string of the molecule is O[C@@]1(COc2ccc(F)cc2)CCN(Cc2ccn[nH]2)C1. The molecule has 1 aromatic heterocycles. The Morgan fingerprint density at radius 3 is 2.86 bits per heavy atom. The monoisotopic (exact) mass is 291 g/mol. The highest BCUT2D eigenvalue weighted by molar-refractivity contribution is 5.22. The third kappa shape index (κ3) is 3.59. The van der Waals surface area contributed by atoms with Gasteiger partial charge in [0.15, 0.2) is 0 Å². The van der Waals surface area contributed by atoms with E-state index in [9.17, 15) is 9.50 Å². The number of H-pyrrole nitrogens is 1. The van der Waals surface area contributed by atoms with Crippen molar-refractivity contribution in [2.45, 2.75) is 18.6 Å². The second-order valence-electron chi connectivity index (χ2n) is 5.51. The number of benzene rings is 1. The maximum Gasteiger partial charge on any atom is 0.123 e. The summed E-state index contributed by atoms with van der Waals surface area (Å²) >= 11 is 0. The molecular weight excluding hydrogens is 273 g/mol. The van der Waals surface area contributed by atoms with Crippen LogP contribution in [0.3, 0.4) is 0 Å². The number of nitrogens with one attached hydrogen (secondary N) is 1. The van der Waals surface area contributed by atoms with Crippen LogP contribution in [-0.4, -0.2) is 45.5 Å². The van der Waals surface area contributed by atoms with Crippen LogP contribution in [0.2, 0.25) is 0 Å². The lowest BCUT2D eigenvalue weighted by molar-refractivity contribution is 0.00329. The summed E-state index contributed by atoms with van der Waals surface area (Å²) in [4.78, 5) is 2.15. The van der Waals surface area contributed by atoms with Gasteiger partial charge in [-0.25, -0.2) is 4.39 Å². The topological polar surface area (TPSA) is 61.4 Å². The van der Waals surface area contributed by atoms with Gasteiger partial charge in [0.25, 0.3) is 0 Å². The normalized spacial score (nSPS) is 22.6. The van der Waals surface area contributed by atoms with Gasteiger partial charge in [-0.3, -0.25) is 10.00 Å². The van der Waals surface area contributed by atoms with Gasteiger partial charge in [0.05, 0.1) is 0 Å². The Balaban J connectivity index is 1.52. The highest BCUT2D eigenvalue weighted by Crippen LogP contribution is 2.24. The number of likely N-dealkylation sites (tertiary alicyclic amines) is 1. The molecule has 112 valence electrons. The van der Waals surface area contributed by atoms with Crippen LogP contribution in [0.15, 0.2) is 36.5 Å². The van der Waals surface area contributed by atoms with E-state index in [1.54, 1.807) is 18.3 Å². The van der Waals surface area contributed by atoms with E-state index in [0.29, 0.717) is 18.7 Å². The van der Waals surface area contributed by atoms with Gasteiger partial charge >= 0.3 is 0 Å². The summed E-state index contributed by atoms with van der Waals surface area (Å²) in [5.41, 5.74) is 0.160. The van der Waals surface area contributed by atoms with Gasteiger partial charge in [-0.05, 0) is 36.8 Å². The van der Waals surface area contributed by atoms with E-state index in [4.69, 9.17) is 4.74 Å². The standard InChI is InChI=1S/C15H18FN3O2/c16-12-1-3-14(4-2-12)21-11-15(20)6-8-19(10-15)9-13-5-7-17-18-13/h1-5,7,20H,6,8-11H2,(H,17,18)/t15-/m0/s1. The lowest BCUT2D eigenvalue weighted by Gasteiger charge is -2.23. The molecule has 1 saturated heterocycles. The minimum absolute atomic E-state index is 0.206. The molecule has 6 heteroatoms. The van der Waals surface area contributed by atoms with Crippen LogP contribution in [0.4, 0.5) is 4.39 Å². The van der Waals surface area contributed by atoms with Crippen LogP contribution in [0.25, 0.3) is 0 Å². The fourth-order valence-electron chi connectivity index (χ4n) is 2.56. The van der Waals surface area contributed by atoms with Crippen molar-refractivity contribution in [3.63, 3.8) is 0 Å². The van der Waals surface area contributed by atoms with E-state index in [0.717, 1.165) is 18.8 Å². The number of aliphatic hydroxyl groups is 1. The number of aromatic amines is 1. The Morgan fingerprint density at radius 1 is 1.33 bits per heavy atom. The van der Waals surface area contributed by atoms with E-state index in [1.807, 2.05) is 6.07 Å². The van der Waals surface area contributed by atoms with E-state index in [1.165, 1.54) is 12.1 Å². The van der Waals surface area contributed by atoms with Crippen molar-refractivity contribution in [2.24, 2.45) is 0 Å². The Labute approximate surface area is 122 Å². The Kier molecular flexibility index (Phi) is 3.90. The Bertz CT molecular complexity index is 573. The van der Waals surface area contributed by atoms with Crippen molar-refractivity contribution in [1.29, 1.82) is 0 Å². The average molecular weight is 291 g/mol. The molecule has 2 N–H and O–H groups in total. The lowest BCUT2D eigenvalue weighted by atomic mass is 10.1. The van der Waals surface area contributed by atoms with Gasteiger partial charge in [-0.1, -0.05) is 0 Å². The zero-order valence-electron chi connectivity index (χ0n) is 11.6. The van der Waals surface area contributed by atoms with Crippen LogP contribution in [-0.2, 0) is 6.54 Å². The van der Waals surface area contributed by atoms with Gasteiger partial charge in [-0.2, -0.15) is 5.10 Å². The highest BCUT2D eigenvalue weighted by atomic mass is 19.1. The number of ether oxygens (including phenoxy) is 1. The summed E-state index contributed by atoms with van der Waals surface area (Å²) in [5.74, 6) is 0.268. The van der Waals surface area contributed by atoms with Crippen LogP contribution in [0, 0.1) is 5.82 Å². The highest BCUT2D eigenvalue weighted by Gasteiger charge is 2.36. The molecule has 21 heavy (non-hydrogen) atoms. The Morgan fingerprint density at radius 2 is 2.14 bits per heavy atom. The van der Waals surface area contributed by atoms with E-state index in [-0.39, 0.29) is 12.4 Å².